The molecular weight excluding hydrogens is 387 g/mol. The Kier molecular flexibility index (Phi) is 4.41. The summed E-state index contributed by atoms with van der Waals surface area (Å²) in [7, 11) is 0. The van der Waals surface area contributed by atoms with Gasteiger partial charge in [0.15, 0.2) is 4.47 Å². The second-order valence-electron chi connectivity index (χ2n) is 3.41. The van der Waals surface area contributed by atoms with Crippen LogP contribution in [0.3, 0.4) is 0 Å². The lowest BCUT2D eigenvalue weighted by Crippen LogP contribution is -2.05. The largest absolute Gasteiger partial charge is 0.478 e. The fourth-order valence-electron chi connectivity index (χ4n) is 1.38. The molecule has 1 aromatic carbocycles. The van der Waals surface area contributed by atoms with Crippen LogP contribution in [0, 0.1) is 3.57 Å². The van der Waals surface area contributed by atoms with E-state index in [1.807, 2.05) is 28.7 Å². The molecule has 0 bridgehead atoms. The van der Waals surface area contributed by atoms with Gasteiger partial charge in [0.1, 0.15) is 0 Å². The maximum atomic E-state index is 11.0. The minimum absolute atomic E-state index is 0.294. The van der Waals surface area contributed by atoms with Crippen molar-refractivity contribution < 1.29 is 9.90 Å². The van der Waals surface area contributed by atoms with Gasteiger partial charge in [-0.05, 0) is 34.7 Å². The van der Waals surface area contributed by atoms with Gasteiger partial charge in [0.05, 0.1) is 15.7 Å². The van der Waals surface area contributed by atoms with Gasteiger partial charge in [-0.3, -0.25) is 0 Å². The fourth-order valence-corrected chi connectivity index (χ4v) is 3.08. The molecule has 2 N–H and O–H groups in total. The average Bonchev–Trinajstić information content (AvgIpc) is 2.73. The van der Waals surface area contributed by atoms with Gasteiger partial charge in [-0.25, -0.2) is 9.78 Å². The van der Waals surface area contributed by atoms with Crippen molar-refractivity contribution >= 4 is 57.2 Å². The summed E-state index contributed by atoms with van der Waals surface area (Å²) >= 11 is 9.16. The maximum Gasteiger partial charge on any atom is 0.336 e. The molecule has 0 spiro atoms. The molecule has 2 aromatic rings. The summed E-state index contributed by atoms with van der Waals surface area (Å²) in [5.41, 5.74) is 1.09. The molecule has 1 heterocycles. The van der Waals surface area contributed by atoms with E-state index in [1.54, 1.807) is 18.3 Å². The van der Waals surface area contributed by atoms with Crippen molar-refractivity contribution in [1.82, 2.24) is 4.98 Å². The summed E-state index contributed by atoms with van der Waals surface area (Å²) in [6.07, 6.45) is 1.70. The Balaban J connectivity index is 2.14. The van der Waals surface area contributed by atoms with Gasteiger partial charge >= 0.3 is 5.97 Å². The normalized spacial score (nSPS) is 10.3. The van der Waals surface area contributed by atoms with Crippen LogP contribution in [0.5, 0.6) is 0 Å². The summed E-state index contributed by atoms with van der Waals surface area (Å²) in [4.78, 5) is 15.9. The molecule has 0 aliphatic rings. The number of rotatable bonds is 4. The minimum atomic E-state index is -0.927. The second kappa shape index (κ2) is 5.85. The Morgan fingerprint density at radius 1 is 1.56 bits per heavy atom. The Morgan fingerprint density at radius 2 is 2.33 bits per heavy atom. The number of halogens is 2. The zero-order chi connectivity index (χ0) is 13.1. The number of thiazole rings is 1. The number of anilines is 1. The molecule has 0 unspecified atom stereocenters. The van der Waals surface area contributed by atoms with E-state index in [0.29, 0.717) is 20.1 Å². The van der Waals surface area contributed by atoms with Crippen LogP contribution >= 0.6 is 45.5 Å². The van der Waals surface area contributed by atoms with Crippen LogP contribution in [0.1, 0.15) is 15.2 Å². The first-order chi connectivity index (χ1) is 8.58. The van der Waals surface area contributed by atoms with Crippen LogP contribution in [0.4, 0.5) is 5.69 Å². The van der Waals surface area contributed by atoms with Crippen molar-refractivity contribution in [2.24, 2.45) is 0 Å². The number of hydrogen-bond donors (Lipinski definition) is 2. The van der Waals surface area contributed by atoms with E-state index < -0.39 is 5.97 Å². The highest BCUT2D eigenvalue weighted by Crippen LogP contribution is 2.24. The van der Waals surface area contributed by atoms with Crippen molar-refractivity contribution in [2.75, 3.05) is 5.32 Å². The molecular formula is C11H8ClIN2O2S. The van der Waals surface area contributed by atoms with Crippen LogP contribution in [-0.4, -0.2) is 16.1 Å². The zero-order valence-corrected chi connectivity index (χ0v) is 12.7. The number of aromatic carboxylic acids is 1. The fraction of sp³-hybridized carbons (Fsp3) is 0.0909. The van der Waals surface area contributed by atoms with Gasteiger partial charge in [-0.2, -0.15) is 0 Å². The number of aromatic nitrogens is 1. The van der Waals surface area contributed by atoms with E-state index >= 15 is 0 Å². The maximum absolute atomic E-state index is 11.0. The van der Waals surface area contributed by atoms with Crippen LogP contribution in [0.15, 0.2) is 24.4 Å². The molecule has 0 saturated carbocycles. The molecule has 0 aliphatic heterocycles. The summed E-state index contributed by atoms with van der Waals surface area (Å²) < 4.78 is 1.19. The van der Waals surface area contributed by atoms with E-state index in [9.17, 15) is 4.79 Å². The molecule has 7 heteroatoms. The first-order valence-corrected chi connectivity index (χ1v) is 7.21. The number of carbonyl (C=O) groups is 1. The van der Waals surface area contributed by atoms with E-state index in [1.165, 1.54) is 11.3 Å². The number of nitrogens with one attached hydrogen (secondary N) is 1. The Labute approximate surface area is 126 Å². The highest BCUT2D eigenvalue weighted by molar-refractivity contribution is 14.1. The van der Waals surface area contributed by atoms with Crippen LogP contribution < -0.4 is 5.32 Å². The highest BCUT2D eigenvalue weighted by Gasteiger charge is 2.11. The third-order valence-corrected chi connectivity index (χ3v) is 4.48. The van der Waals surface area contributed by atoms with Gasteiger partial charge < -0.3 is 10.4 Å². The Bertz CT molecular complexity index is 588. The predicted octanol–water partition coefficient (Wildman–Crippen LogP) is 3.71. The van der Waals surface area contributed by atoms with Crippen molar-refractivity contribution in [3.8, 4) is 0 Å². The van der Waals surface area contributed by atoms with Crippen molar-refractivity contribution in [3.63, 3.8) is 0 Å². The standard InChI is InChI=1S/C11H8ClIN2O2S/c12-11-15-5-6(18-11)4-14-8-3-1-2-7(9(8)13)10(16)17/h1-3,5,14H,4H2,(H,16,17). The molecule has 0 amide bonds. The van der Waals surface area contributed by atoms with Crippen LogP contribution in [0.2, 0.25) is 4.47 Å². The van der Waals surface area contributed by atoms with E-state index in [2.05, 4.69) is 10.3 Å². The molecule has 0 atom stereocenters. The first-order valence-electron chi connectivity index (χ1n) is 4.94. The average molecular weight is 395 g/mol. The van der Waals surface area contributed by atoms with Crippen molar-refractivity contribution in [2.45, 2.75) is 6.54 Å². The SMILES string of the molecule is O=C(O)c1cccc(NCc2cnc(Cl)s2)c1I. The number of carboxylic acids is 1. The number of benzene rings is 1. The van der Waals surface area contributed by atoms with E-state index in [-0.39, 0.29) is 0 Å². The molecule has 4 nitrogen and oxygen atoms in total. The Hall–Kier alpha value is -0.860. The zero-order valence-electron chi connectivity index (χ0n) is 8.98. The lowest BCUT2D eigenvalue weighted by atomic mass is 10.2. The number of nitrogens with zero attached hydrogens (tertiary/aromatic N) is 1. The quantitative estimate of drug-likeness (QED) is 0.776. The van der Waals surface area contributed by atoms with Crippen LogP contribution in [-0.2, 0) is 6.54 Å². The molecule has 0 fully saturated rings. The molecule has 0 saturated heterocycles. The molecule has 18 heavy (non-hydrogen) atoms. The summed E-state index contributed by atoms with van der Waals surface area (Å²) in [5, 5.41) is 12.2. The van der Waals surface area contributed by atoms with Gasteiger partial charge in [-0.1, -0.05) is 17.7 Å². The van der Waals surface area contributed by atoms with Crippen molar-refractivity contribution in [3.05, 3.63) is 42.9 Å². The van der Waals surface area contributed by atoms with E-state index in [4.69, 9.17) is 16.7 Å². The summed E-state index contributed by atoms with van der Waals surface area (Å²) in [6.45, 7) is 0.573. The van der Waals surface area contributed by atoms with Gasteiger partial charge in [0, 0.05) is 16.8 Å². The third kappa shape index (κ3) is 3.12. The first kappa shape index (κ1) is 13.6. The Morgan fingerprint density at radius 3 is 2.94 bits per heavy atom. The highest BCUT2D eigenvalue weighted by atomic mass is 127. The van der Waals surface area contributed by atoms with Crippen LogP contribution in [0.25, 0.3) is 0 Å². The van der Waals surface area contributed by atoms with E-state index in [0.717, 1.165) is 10.6 Å². The third-order valence-electron chi connectivity index (χ3n) is 2.21. The second-order valence-corrected chi connectivity index (χ2v) is 6.18. The predicted molar refractivity (Wildman–Crippen MR) is 80.6 cm³/mol. The number of hydrogen-bond acceptors (Lipinski definition) is 4. The summed E-state index contributed by atoms with van der Waals surface area (Å²) in [6, 6.07) is 5.14. The molecule has 0 aliphatic carbocycles. The summed E-state index contributed by atoms with van der Waals surface area (Å²) in [5.74, 6) is -0.927. The minimum Gasteiger partial charge on any atom is -0.478 e. The lowest BCUT2D eigenvalue weighted by molar-refractivity contribution is 0.0696. The molecule has 94 valence electrons. The molecule has 1 aromatic heterocycles. The van der Waals surface area contributed by atoms with Gasteiger partial charge in [-0.15, -0.1) is 11.3 Å². The van der Waals surface area contributed by atoms with Gasteiger partial charge in [0.2, 0.25) is 0 Å². The lowest BCUT2D eigenvalue weighted by Gasteiger charge is -2.09. The van der Waals surface area contributed by atoms with Gasteiger partial charge in [0.25, 0.3) is 0 Å². The smallest absolute Gasteiger partial charge is 0.336 e. The van der Waals surface area contributed by atoms with Crippen molar-refractivity contribution in [1.29, 1.82) is 0 Å². The molecule has 0 radical (unpaired) electrons. The number of carboxylic acid groups (broad SMARTS) is 1. The topological polar surface area (TPSA) is 62.2 Å². The molecule has 2 rings (SSSR count). The monoisotopic (exact) mass is 394 g/mol.